The topological polar surface area (TPSA) is 75.6 Å². The standard InChI is InChI=1S/C24H21F2NO4/c25-20-10-9-18(12-21(20)26)14-23(28)27-22(24(29)30)13-17-7-4-8-19(11-17)31-15-16-5-2-1-3-6-16/h1-12,22H,13-15H2,(H,27,28)(H,29,30)/t22-/m0/s1. The zero-order valence-corrected chi connectivity index (χ0v) is 16.6. The maximum atomic E-state index is 13.3. The third kappa shape index (κ3) is 6.64. The number of ether oxygens (including phenoxy) is 1. The molecule has 31 heavy (non-hydrogen) atoms. The SMILES string of the molecule is O=C(Cc1ccc(F)c(F)c1)N[C@@H](Cc1cccc(OCc2ccccc2)c1)C(=O)O. The molecule has 0 aliphatic carbocycles. The van der Waals surface area contributed by atoms with Crippen molar-refractivity contribution in [3.63, 3.8) is 0 Å². The number of carboxylic acids is 1. The second kappa shape index (κ2) is 10.3. The fourth-order valence-corrected chi connectivity index (χ4v) is 3.02. The number of carboxylic acid groups (broad SMARTS) is 1. The second-order valence-electron chi connectivity index (χ2n) is 7.01. The van der Waals surface area contributed by atoms with Crippen molar-refractivity contribution in [1.82, 2.24) is 5.32 Å². The lowest BCUT2D eigenvalue weighted by Crippen LogP contribution is -2.43. The molecule has 0 bridgehead atoms. The minimum Gasteiger partial charge on any atom is -0.489 e. The van der Waals surface area contributed by atoms with Crippen molar-refractivity contribution in [3.8, 4) is 5.75 Å². The van der Waals surface area contributed by atoms with E-state index in [1.165, 1.54) is 6.07 Å². The van der Waals surface area contributed by atoms with Crippen molar-refractivity contribution >= 4 is 11.9 Å². The van der Waals surface area contributed by atoms with Gasteiger partial charge in [0, 0.05) is 6.42 Å². The quantitative estimate of drug-likeness (QED) is 0.545. The summed E-state index contributed by atoms with van der Waals surface area (Å²) in [5.41, 5.74) is 1.92. The molecule has 2 N–H and O–H groups in total. The molecule has 0 spiro atoms. The van der Waals surface area contributed by atoms with Gasteiger partial charge in [0.15, 0.2) is 11.6 Å². The summed E-state index contributed by atoms with van der Waals surface area (Å²) in [6.45, 7) is 0.373. The van der Waals surface area contributed by atoms with Gasteiger partial charge in [0.25, 0.3) is 0 Å². The average Bonchev–Trinajstić information content (AvgIpc) is 2.75. The van der Waals surface area contributed by atoms with E-state index in [2.05, 4.69) is 5.32 Å². The first kappa shape index (κ1) is 22.0. The van der Waals surface area contributed by atoms with Crippen LogP contribution in [0.1, 0.15) is 16.7 Å². The zero-order chi connectivity index (χ0) is 22.2. The van der Waals surface area contributed by atoms with Gasteiger partial charge >= 0.3 is 5.97 Å². The van der Waals surface area contributed by atoms with E-state index >= 15 is 0 Å². The molecule has 7 heteroatoms. The number of carbonyl (C=O) groups excluding carboxylic acids is 1. The Kier molecular flexibility index (Phi) is 7.32. The number of benzene rings is 3. The molecule has 3 rings (SSSR count). The van der Waals surface area contributed by atoms with Crippen molar-refractivity contribution < 1.29 is 28.2 Å². The highest BCUT2D eigenvalue weighted by atomic mass is 19.2. The summed E-state index contributed by atoms with van der Waals surface area (Å²) in [4.78, 5) is 23.9. The van der Waals surface area contributed by atoms with Gasteiger partial charge in [0.2, 0.25) is 5.91 Å². The van der Waals surface area contributed by atoms with Gasteiger partial charge in [-0.2, -0.15) is 0 Å². The van der Waals surface area contributed by atoms with E-state index in [-0.39, 0.29) is 18.4 Å². The number of aliphatic carboxylic acids is 1. The van der Waals surface area contributed by atoms with E-state index < -0.39 is 29.6 Å². The van der Waals surface area contributed by atoms with Crippen LogP contribution in [0.2, 0.25) is 0 Å². The van der Waals surface area contributed by atoms with Crippen LogP contribution < -0.4 is 10.1 Å². The van der Waals surface area contributed by atoms with Crippen LogP contribution in [-0.2, 0) is 29.0 Å². The molecule has 0 aromatic heterocycles. The number of halogens is 2. The van der Waals surface area contributed by atoms with Gasteiger partial charge in [-0.1, -0.05) is 48.5 Å². The Morgan fingerprint density at radius 3 is 2.32 bits per heavy atom. The maximum absolute atomic E-state index is 13.3. The Morgan fingerprint density at radius 2 is 1.61 bits per heavy atom. The van der Waals surface area contributed by atoms with Crippen LogP contribution in [-0.4, -0.2) is 23.0 Å². The Bertz CT molecular complexity index is 1060. The highest BCUT2D eigenvalue weighted by molar-refractivity contribution is 5.85. The molecule has 0 aliphatic rings. The van der Waals surface area contributed by atoms with Crippen LogP contribution in [0.4, 0.5) is 8.78 Å². The van der Waals surface area contributed by atoms with E-state index in [0.717, 1.165) is 17.7 Å². The van der Waals surface area contributed by atoms with E-state index in [1.807, 2.05) is 30.3 Å². The van der Waals surface area contributed by atoms with Crippen LogP contribution in [0.15, 0.2) is 72.8 Å². The van der Waals surface area contributed by atoms with E-state index in [0.29, 0.717) is 17.9 Å². The fourth-order valence-electron chi connectivity index (χ4n) is 3.02. The zero-order valence-electron chi connectivity index (χ0n) is 16.6. The van der Waals surface area contributed by atoms with Crippen LogP contribution in [0.3, 0.4) is 0 Å². The molecule has 0 radical (unpaired) electrons. The van der Waals surface area contributed by atoms with Crippen molar-refractivity contribution in [2.45, 2.75) is 25.5 Å². The fraction of sp³-hybridized carbons (Fsp3) is 0.167. The summed E-state index contributed by atoms with van der Waals surface area (Å²) in [6, 6.07) is 18.5. The van der Waals surface area contributed by atoms with Crippen LogP contribution in [0.5, 0.6) is 5.75 Å². The van der Waals surface area contributed by atoms with Crippen molar-refractivity contribution in [1.29, 1.82) is 0 Å². The van der Waals surface area contributed by atoms with Gasteiger partial charge in [-0.15, -0.1) is 0 Å². The maximum Gasteiger partial charge on any atom is 0.326 e. The number of hydrogen-bond acceptors (Lipinski definition) is 3. The molecule has 0 heterocycles. The van der Waals surface area contributed by atoms with E-state index in [1.54, 1.807) is 24.3 Å². The second-order valence-corrected chi connectivity index (χ2v) is 7.01. The molecule has 160 valence electrons. The molecule has 3 aromatic rings. The Morgan fingerprint density at radius 1 is 0.871 bits per heavy atom. The Balaban J connectivity index is 1.60. The summed E-state index contributed by atoms with van der Waals surface area (Å²) in [5.74, 6) is -3.29. The van der Waals surface area contributed by atoms with Crippen molar-refractivity contribution in [3.05, 3.63) is 101 Å². The molecule has 1 atom stereocenters. The summed E-state index contributed by atoms with van der Waals surface area (Å²) >= 11 is 0. The highest BCUT2D eigenvalue weighted by Gasteiger charge is 2.21. The van der Waals surface area contributed by atoms with Gasteiger partial charge in [-0.05, 0) is 41.0 Å². The van der Waals surface area contributed by atoms with E-state index in [4.69, 9.17) is 4.74 Å². The third-order valence-corrected chi connectivity index (χ3v) is 4.57. The summed E-state index contributed by atoms with van der Waals surface area (Å²) < 4.78 is 32.1. The monoisotopic (exact) mass is 425 g/mol. The molecule has 0 saturated carbocycles. The first-order chi connectivity index (χ1) is 14.9. The molecular weight excluding hydrogens is 404 g/mol. The Hall–Kier alpha value is -3.74. The molecule has 0 saturated heterocycles. The minimum absolute atomic E-state index is 0.0430. The summed E-state index contributed by atoms with van der Waals surface area (Å²) in [5, 5.41) is 11.9. The van der Waals surface area contributed by atoms with Crippen molar-refractivity contribution in [2.75, 3.05) is 0 Å². The van der Waals surface area contributed by atoms with Crippen molar-refractivity contribution in [2.24, 2.45) is 0 Å². The van der Waals surface area contributed by atoms with Gasteiger partial charge in [0.05, 0.1) is 6.42 Å². The molecule has 0 fully saturated rings. The molecule has 0 unspecified atom stereocenters. The predicted octanol–water partition coefficient (Wildman–Crippen LogP) is 3.90. The number of carbonyl (C=O) groups is 2. The van der Waals surface area contributed by atoms with Gasteiger partial charge < -0.3 is 15.2 Å². The van der Waals surface area contributed by atoms with Gasteiger partial charge in [0.1, 0.15) is 18.4 Å². The predicted molar refractivity (Wildman–Crippen MR) is 111 cm³/mol. The van der Waals surface area contributed by atoms with Crippen LogP contribution >= 0.6 is 0 Å². The molecule has 0 aliphatic heterocycles. The molecule has 5 nitrogen and oxygen atoms in total. The number of hydrogen-bond donors (Lipinski definition) is 2. The lowest BCUT2D eigenvalue weighted by atomic mass is 10.0. The first-order valence-electron chi connectivity index (χ1n) is 9.62. The van der Waals surface area contributed by atoms with Crippen LogP contribution in [0.25, 0.3) is 0 Å². The Labute approximate surface area is 178 Å². The molecule has 1 amide bonds. The smallest absolute Gasteiger partial charge is 0.326 e. The molecule has 3 aromatic carbocycles. The van der Waals surface area contributed by atoms with Crippen LogP contribution in [0, 0.1) is 11.6 Å². The number of nitrogens with one attached hydrogen (secondary N) is 1. The average molecular weight is 425 g/mol. The first-order valence-corrected chi connectivity index (χ1v) is 9.62. The van der Waals surface area contributed by atoms with E-state index in [9.17, 15) is 23.5 Å². The minimum atomic E-state index is -1.20. The normalized spacial score (nSPS) is 11.5. The lowest BCUT2D eigenvalue weighted by Gasteiger charge is -2.15. The molecular formula is C24H21F2NO4. The third-order valence-electron chi connectivity index (χ3n) is 4.57. The largest absolute Gasteiger partial charge is 0.489 e. The lowest BCUT2D eigenvalue weighted by molar-refractivity contribution is -0.141. The highest BCUT2D eigenvalue weighted by Crippen LogP contribution is 2.17. The number of rotatable bonds is 9. The number of amides is 1. The van der Waals surface area contributed by atoms with Gasteiger partial charge in [-0.3, -0.25) is 4.79 Å². The van der Waals surface area contributed by atoms with Gasteiger partial charge in [-0.25, -0.2) is 13.6 Å². The summed E-state index contributed by atoms with van der Waals surface area (Å²) in [7, 11) is 0. The summed E-state index contributed by atoms with van der Waals surface area (Å²) in [6.07, 6.45) is -0.220.